The Balaban J connectivity index is 1.27. The Bertz CT molecular complexity index is 1460. The standard InChI is InChI=1S/C27H22N6OS/c1-17-14-18(2)30-27(29-17)32-22-8-6-19(7-9-22)25(34)31-23-5-3-4-21(15-23)24-16-35-26(33-24)20-10-12-28-13-11-20/h3-16H,1-2H3,(H,31,34)(H,29,30,32). The summed E-state index contributed by atoms with van der Waals surface area (Å²) in [5.74, 6) is 0.345. The topological polar surface area (TPSA) is 92.7 Å². The van der Waals surface area contributed by atoms with E-state index in [4.69, 9.17) is 4.98 Å². The summed E-state index contributed by atoms with van der Waals surface area (Å²) in [6.45, 7) is 3.85. The van der Waals surface area contributed by atoms with Gasteiger partial charge in [0.25, 0.3) is 5.91 Å². The molecule has 5 aromatic rings. The second kappa shape index (κ2) is 9.82. The molecule has 0 bridgehead atoms. The van der Waals surface area contributed by atoms with Crippen LogP contribution in [-0.4, -0.2) is 25.8 Å². The fraction of sp³-hybridized carbons (Fsp3) is 0.0741. The number of carbonyl (C=O) groups excluding carboxylic acids is 1. The van der Waals surface area contributed by atoms with Crippen LogP contribution in [0.25, 0.3) is 21.8 Å². The molecule has 0 fully saturated rings. The van der Waals surface area contributed by atoms with Crippen LogP contribution in [0.2, 0.25) is 0 Å². The average molecular weight is 479 g/mol. The highest BCUT2D eigenvalue weighted by atomic mass is 32.1. The number of nitrogens with zero attached hydrogens (tertiary/aromatic N) is 4. The second-order valence-electron chi connectivity index (χ2n) is 7.99. The van der Waals surface area contributed by atoms with E-state index in [0.717, 1.165) is 38.9 Å². The molecule has 0 atom stereocenters. The number of amides is 1. The molecule has 0 aliphatic heterocycles. The number of nitrogens with one attached hydrogen (secondary N) is 2. The third-order valence-corrected chi connectivity index (χ3v) is 6.12. The minimum absolute atomic E-state index is 0.188. The van der Waals surface area contributed by atoms with E-state index >= 15 is 0 Å². The fourth-order valence-corrected chi connectivity index (χ4v) is 4.44. The molecular formula is C27H22N6OS. The lowest BCUT2D eigenvalue weighted by Gasteiger charge is -2.09. The van der Waals surface area contributed by atoms with Gasteiger partial charge >= 0.3 is 0 Å². The van der Waals surface area contributed by atoms with Crippen LogP contribution in [0, 0.1) is 13.8 Å². The Morgan fingerprint density at radius 1 is 0.800 bits per heavy atom. The van der Waals surface area contributed by atoms with Crippen LogP contribution in [0.5, 0.6) is 0 Å². The van der Waals surface area contributed by atoms with Gasteiger partial charge in [-0.2, -0.15) is 0 Å². The molecule has 8 heteroatoms. The Morgan fingerprint density at radius 3 is 2.29 bits per heavy atom. The highest BCUT2D eigenvalue weighted by molar-refractivity contribution is 7.13. The molecule has 3 heterocycles. The average Bonchev–Trinajstić information content (AvgIpc) is 3.35. The quantitative estimate of drug-likeness (QED) is 0.299. The van der Waals surface area contributed by atoms with Crippen molar-refractivity contribution in [2.24, 2.45) is 0 Å². The van der Waals surface area contributed by atoms with E-state index in [2.05, 4.69) is 25.6 Å². The molecule has 0 saturated heterocycles. The van der Waals surface area contributed by atoms with Gasteiger partial charge in [-0.3, -0.25) is 9.78 Å². The molecule has 2 N–H and O–H groups in total. The van der Waals surface area contributed by atoms with Crippen molar-refractivity contribution < 1.29 is 4.79 Å². The summed E-state index contributed by atoms with van der Waals surface area (Å²) in [5.41, 5.74) is 6.68. The summed E-state index contributed by atoms with van der Waals surface area (Å²) < 4.78 is 0. The Morgan fingerprint density at radius 2 is 1.54 bits per heavy atom. The van der Waals surface area contributed by atoms with Crippen molar-refractivity contribution in [3.05, 3.63) is 101 Å². The van der Waals surface area contributed by atoms with Crippen molar-refractivity contribution in [1.82, 2.24) is 19.9 Å². The minimum Gasteiger partial charge on any atom is -0.324 e. The molecule has 0 saturated carbocycles. The number of anilines is 3. The Hall–Kier alpha value is -4.43. The summed E-state index contributed by atoms with van der Waals surface area (Å²) in [5, 5.41) is 9.10. The predicted octanol–water partition coefficient (Wildman–Crippen LogP) is 6.27. The van der Waals surface area contributed by atoms with Gasteiger partial charge in [0, 0.05) is 57.2 Å². The van der Waals surface area contributed by atoms with Crippen LogP contribution < -0.4 is 10.6 Å². The summed E-state index contributed by atoms with van der Waals surface area (Å²) >= 11 is 1.58. The lowest BCUT2D eigenvalue weighted by atomic mass is 10.1. The smallest absolute Gasteiger partial charge is 0.255 e. The number of benzene rings is 2. The normalized spacial score (nSPS) is 10.7. The van der Waals surface area contributed by atoms with Gasteiger partial charge in [-0.25, -0.2) is 15.0 Å². The molecule has 0 aliphatic carbocycles. The number of carbonyl (C=O) groups is 1. The lowest BCUT2D eigenvalue weighted by molar-refractivity contribution is 0.102. The first-order valence-electron chi connectivity index (χ1n) is 11.0. The maximum Gasteiger partial charge on any atom is 0.255 e. The van der Waals surface area contributed by atoms with E-state index in [1.54, 1.807) is 35.9 Å². The van der Waals surface area contributed by atoms with Crippen LogP contribution in [0.15, 0.2) is 84.5 Å². The number of hydrogen-bond donors (Lipinski definition) is 2. The first kappa shape index (κ1) is 22.4. The predicted molar refractivity (Wildman–Crippen MR) is 140 cm³/mol. The number of aromatic nitrogens is 4. The summed E-state index contributed by atoms with van der Waals surface area (Å²) in [4.78, 5) is 30.4. The van der Waals surface area contributed by atoms with Crippen molar-refractivity contribution in [3.63, 3.8) is 0 Å². The first-order chi connectivity index (χ1) is 17.0. The van der Waals surface area contributed by atoms with E-state index < -0.39 is 0 Å². The number of thiazole rings is 1. The molecule has 0 aliphatic rings. The van der Waals surface area contributed by atoms with Crippen molar-refractivity contribution in [1.29, 1.82) is 0 Å². The molecule has 2 aromatic carbocycles. The first-order valence-corrected chi connectivity index (χ1v) is 11.9. The molecule has 3 aromatic heterocycles. The molecule has 35 heavy (non-hydrogen) atoms. The van der Waals surface area contributed by atoms with E-state index in [0.29, 0.717) is 17.2 Å². The summed E-state index contributed by atoms with van der Waals surface area (Å²) in [6, 6.07) is 20.7. The third-order valence-electron chi connectivity index (χ3n) is 5.23. The zero-order chi connectivity index (χ0) is 24.2. The minimum atomic E-state index is -0.188. The fourth-order valence-electron chi connectivity index (χ4n) is 3.61. The van der Waals surface area contributed by atoms with Gasteiger partial charge in [0.15, 0.2) is 0 Å². The van der Waals surface area contributed by atoms with Crippen molar-refractivity contribution in [3.8, 4) is 21.8 Å². The Kier molecular flexibility index (Phi) is 6.28. The molecule has 5 rings (SSSR count). The van der Waals surface area contributed by atoms with Gasteiger partial charge in [-0.15, -0.1) is 11.3 Å². The van der Waals surface area contributed by atoms with Crippen molar-refractivity contribution >= 4 is 34.6 Å². The van der Waals surface area contributed by atoms with Gasteiger partial charge < -0.3 is 10.6 Å². The summed E-state index contributed by atoms with van der Waals surface area (Å²) in [7, 11) is 0. The number of hydrogen-bond acceptors (Lipinski definition) is 7. The second-order valence-corrected chi connectivity index (χ2v) is 8.84. The van der Waals surface area contributed by atoms with Crippen LogP contribution in [0.4, 0.5) is 17.3 Å². The van der Waals surface area contributed by atoms with Crippen LogP contribution in [0.3, 0.4) is 0 Å². The van der Waals surface area contributed by atoms with E-state index in [1.807, 2.05) is 73.8 Å². The molecule has 7 nitrogen and oxygen atoms in total. The van der Waals surface area contributed by atoms with E-state index in [1.165, 1.54) is 0 Å². The molecule has 0 radical (unpaired) electrons. The number of pyridine rings is 1. The largest absolute Gasteiger partial charge is 0.324 e. The zero-order valence-electron chi connectivity index (χ0n) is 19.2. The van der Waals surface area contributed by atoms with Gasteiger partial charge in [0.2, 0.25) is 5.95 Å². The molecule has 0 spiro atoms. The van der Waals surface area contributed by atoms with Gasteiger partial charge in [-0.1, -0.05) is 12.1 Å². The highest BCUT2D eigenvalue weighted by Gasteiger charge is 2.10. The SMILES string of the molecule is Cc1cc(C)nc(Nc2ccc(C(=O)Nc3cccc(-c4csc(-c5ccncc5)n4)c3)cc2)n1. The lowest BCUT2D eigenvalue weighted by Crippen LogP contribution is -2.11. The zero-order valence-corrected chi connectivity index (χ0v) is 20.0. The maximum absolute atomic E-state index is 12.8. The maximum atomic E-state index is 12.8. The van der Waals surface area contributed by atoms with Gasteiger partial charge in [0.1, 0.15) is 5.01 Å². The number of aryl methyl sites for hydroxylation is 2. The van der Waals surface area contributed by atoms with E-state index in [9.17, 15) is 4.79 Å². The van der Waals surface area contributed by atoms with Gasteiger partial charge in [-0.05, 0) is 68.4 Å². The van der Waals surface area contributed by atoms with Crippen LogP contribution in [-0.2, 0) is 0 Å². The van der Waals surface area contributed by atoms with Crippen molar-refractivity contribution in [2.75, 3.05) is 10.6 Å². The highest BCUT2D eigenvalue weighted by Crippen LogP contribution is 2.29. The molecule has 1 amide bonds. The third kappa shape index (κ3) is 5.39. The van der Waals surface area contributed by atoms with E-state index in [-0.39, 0.29) is 5.91 Å². The Labute approximate surface area is 207 Å². The monoisotopic (exact) mass is 478 g/mol. The molecular weight excluding hydrogens is 456 g/mol. The summed E-state index contributed by atoms with van der Waals surface area (Å²) in [6.07, 6.45) is 3.51. The number of rotatable bonds is 6. The van der Waals surface area contributed by atoms with Crippen molar-refractivity contribution in [2.45, 2.75) is 13.8 Å². The molecule has 0 unspecified atom stereocenters. The molecule has 172 valence electrons. The van der Waals surface area contributed by atoms with Gasteiger partial charge in [0.05, 0.1) is 5.69 Å². The van der Waals surface area contributed by atoms with Crippen LogP contribution >= 0.6 is 11.3 Å². The van der Waals surface area contributed by atoms with Crippen LogP contribution in [0.1, 0.15) is 21.7 Å².